The lowest BCUT2D eigenvalue weighted by atomic mass is 9.95. The topological polar surface area (TPSA) is 89.2 Å². The maximum Gasteiger partial charge on any atom is 0.269 e. The van der Waals surface area contributed by atoms with E-state index in [9.17, 15) is 14.9 Å². The lowest BCUT2D eigenvalue weighted by Gasteiger charge is -2.25. The van der Waals surface area contributed by atoms with Crippen molar-refractivity contribution >= 4 is 33.1 Å². The van der Waals surface area contributed by atoms with Crippen LogP contribution in [0.25, 0.3) is 10.2 Å². The zero-order valence-electron chi connectivity index (χ0n) is 18.3. The average Bonchev–Trinajstić information content (AvgIpc) is 3.02. The summed E-state index contributed by atoms with van der Waals surface area (Å²) in [5.41, 5.74) is 2.28. The van der Waals surface area contributed by atoms with E-state index in [-0.39, 0.29) is 23.1 Å². The van der Waals surface area contributed by atoms with Crippen molar-refractivity contribution in [2.45, 2.75) is 53.0 Å². The molecule has 0 saturated heterocycles. The Morgan fingerprint density at radius 2 is 1.90 bits per heavy atom. The minimum Gasteiger partial charge on any atom is -0.334 e. The number of carbonyl (C=O) groups is 1. The number of benzene rings is 1. The van der Waals surface area contributed by atoms with Gasteiger partial charge in [0, 0.05) is 30.0 Å². The fourth-order valence-corrected chi connectivity index (χ4v) is 4.55. The standard InChI is InChI=1S/C22H26N4O3S/c1-12-17-13(2)23-21(22(4,5)6)24-19(17)30-18(12)20(27)25(7)14(3)15-9-8-10-16(11-15)26(28)29/h8-11,14H,1-7H3. The van der Waals surface area contributed by atoms with Crippen LogP contribution in [0.2, 0.25) is 0 Å². The predicted octanol–water partition coefficient (Wildman–Crippen LogP) is 5.35. The van der Waals surface area contributed by atoms with Crippen LogP contribution in [-0.4, -0.2) is 32.7 Å². The lowest BCUT2D eigenvalue weighted by Crippen LogP contribution is -2.29. The van der Waals surface area contributed by atoms with Crippen LogP contribution in [-0.2, 0) is 5.41 Å². The molecule has 30 heavy (non-hydrogen) atoms. The summed E-state index contributed by atoms with van der Waals surface area (Å²) in [5.74, 6) is 0.622. The molecular weight excluding hydrogens is 400 g/mol. The number of thiophene rings is 1. The van der Waals surface area contributed by atoms with Gasteiger partial charge in [-0.2, -0.15) is 0 Å². The molecule has 0 saturated carbocycles. The van der Waals surface area contributed by atoms with E-state index in [1.54, 1.807) is 24.1 Å². The molecule has 7 nitrogen and oxygen atoms in total. The van der Waals surface area contributed by atoms with Crippen molar-refractivity contribution in [3.8, 4) is 0 Å². The van der Waals surface area contributed by atoms with Crippen LogP contribution in [0, 0.1) is 24.0 Å². The SMILES string of the molecule is Cc1nc(C(C)(C)C)nc2sc(C(=O)N(C)C(C)c3cccc([N+](=O)[O-])c3)c(C)c12. The molecule has 2 aromatic heterocycles. The maximum absolute atomic E-state index is 13.3. The molecule has 0 aliphatic rings. The van der Waals surface area contributed by atoms with Crippen molar-refractivity contribution in [3.05, 3.63) is 61.9 Å². The molecule has 0 aliphatic heterocycles. The van der Waals surface area contributed by atoms with E-state index in [1.807, 2.05) is 20.8 Å². The van der Waals surface area contributed by atoms with Gasteiger partial charge in [0.25, 0.3) is 11.6 Å². The smallest absolute Gasteiger partial charge is 0.269 e. The largest absolute Gasteiger partial charge is 0.334 e. The molecule has 1 amide bonds. The number of aromatic nitrogens is 2. The second kappa shape index (κ2) is 7.75. The summed E-state index contributed by atoms with van der Waals surface area (Å²) in [4.78, 5) is 36.4. The Hall–Kier alpha value is -2.87. The molecule has 0 fully saturated rings. The van der Waals surface area contributed by atoms with Gasteiger partial charge in [-0.05, 0) is 31.9 Å². The third-order valence-electron chi connectivity index (χ3n) is 5.30. The summed E-state index contributed by atoms with van der Waals surface area (Å²) in [6, 6.07) is 6.07. The van der Waals surface area contributed by atoms with Gasteiger partial charge in [-0.3, -0.25) is 14.9 Å². The number of non-ortho nitro benzene ring substituents is 1. The summed E-state index contributed by atoms with van der Waals surface area (Å²) < 4.78 is 0. The molecule has 0 aliphatic carbocycles. The number of nitro benzene ring substituents is 1. The second-order valence-electron chi connectivity index (χ2n) is 8.56. The Morgan fingerprint density at radius 3 is 2.50 bits per heavy atom. The van der Waals surface area contributed by atoms with Crippen molar-refractivity contribution in [3.63, 3.8) is 0 Å². The minimum atomic E-state index is -0.428. The molecule has 3 aromatic rings. The zero-order chi connectivity index (χ0) is 22.4. The van der Waals surface area contributed by atoms with Gasteiger partial charge in [-0.1, -0.05) is 32.9 Å². The van der Waals surface area contributed by atoms with Crippen LogP contribution in [0.3, 0.4) is 0 Å². The molecular formula is C22H26N4O3S. The first kappa shape index (κ1) is 21.8. The van der Waals surface area contributed by atoms with E-state index in [0.717, 1.165) is 27.3 Å². The van der Waals surface area contributed by atoms with Crippen LogP contribution in [0.1, 0.15) is 66.1 Å². The molecule has 8 heteroatoms. The summed E-state index contributed by atoms with van der Waals surface area (Å²) in [7, 11) is 1.72. The van der Waals surface area contributed by atoms with Crippen LogP contribution in [0.15, 0.2) is 24.3 Å². The minimum absolute atomic E-state index is 0.0128. The first-order chi connectivity index (χ1) is 13.9. The van der Waals surface area contributed by atoms with Gasteiger partial charge in [-0.25, -0.2) is 9.97 Å². The van der Waals surface area contributed by atoms with Crippen molar-refractivity contribution < 1.29 is 9.72 Å². The van der Waals surface area contributed by atoms with E-state index in [0.29, 0.717) is 10.4 Å². The highest BCUT2D eigenvalue weighted by Gasteiger charge is 2.27. The highest BCUT2D eigenvalue weighted by atomic mass is 32.1. The van der Waals surface area contributed by atoms with Gasteiger partial charge >= 0.3 is 0 Å². The number of rotatable bonds is 4. The molecule has 1 atom stereocenters. The number of nitrogens with zero attached hydrogens (tertiary/aromatic N) is 4. The van der Waals surface area contributed by atoms with E-state index in [2.05, 4.69) is 25.8 Å². The number of aryl methyl sites for hydroxylation is 2. The molecule has 3 rings (SSSR count). The van der Waals surface area contributed by atoms with Gasteiger partial charge in [0.15, 0.2) is 0 Å². The predicted molar refractivity (Wildman–Crippen MR) is 119 cm³/mol. The van der Waals surface area contributed by atoms with Crippen LogP contribution >= 0.6 is 11.3 Å². The Balaban J connectivity index is 2.00. The Morgan fingerprint density at radius 1 is 1.23 bits per heavy atom. The molecule has 158 valence electrons. The highest BCUT2D eigenvalue weighted by Crippen LogP contribution is 2.35. The molecule has 0 N–H and O–H groups in total. The molecule has 1 unspecified atom stereocenters. The third kappa shape index (κ3) is 3.92. The summed E-state index contributed by atoms with van der Waals surface area (Å²) >= 11 is 1.37. The van der Waals surface area contributed by atoms with Crippen LogP contribution in [0.4, 0.5) is 5.69 Å². The Bertz CT molecular complexity index is 1150. The van der Waals surface area contributed by atoms with Crippen molar-refractivity contribution in [2.24, 2.45) is 0 Å². The summed E-state index contributed by atoms with van der Waals surface area (Å²) in [6.07, 6.45) is 0. The van der Waals surface area contributed by atoms with E-state index < -0.39 is 4.92 Å². The normalized spacial score (nSPS) is 12.8. The zero-order valence-corrected chi connectivity index (χ0v) is 19.1. The van der Waals surface area contributed by atoms with Crippen LogP contribution < -0.4 is 0 Å². The fourth-order valence-electron chi connectivity index (χ4n) is 3.34. The summed E-state index contributed by atoms with van der Waals surface area (Å²) in [5, 5.41) is 12.0. The van der Waals surface area contributed by atoms with Crippen molar-refractivity contribution in [1.82, 2.24) is 14.9 Å². The Labute approximate surface area is 179 Å². The van der Waals surface area contributed by atoms with Gasteiger partial charge in [0.1, 0.15) is 10.7 Å². The summed E-state index contributed by atoms with van der Waals surface area (Å²) in [6.45, 7) is 11.9. The quantitative estimate of drug-likeness (QED) is 0.414. The van der Waals surface area contributed by atoms with Crippen molar-refractivity contribution in [1.29, 1.82) is 0 Å². The van der Waals surface area contributed by atoms with Gasteiger partial charge in [0.2, 0.25) is 0 Å². The number of amides is 1. The number of hydrogen-bond donors (Lipinski definition) is 0. The number of fused-ring (bicyclic) bond motifs is 1. The van der Waals surface area contributed by atoms with Gasteiger partial charge < -0.3 is 4.90 Å². The highest BCUT2D eigenvalue weighted by molar-refractivity contribution is 7.20. The fraction of sp³-hybridized carbons (Fsp3) is 0.409. The number of carbonyl (C=O) groups excluding carboxylic acids is 1. The van der Waals surface area contributed by atoms with Gasteiger partial charge in [-0.15, -0.1) is 11.3 Å². The van der Waals surface area contributed by atoms with E-state index in [1.165, 1.54) is 23.5 Å². The number of nitro groups is 1. The monoisotopic (exact) mass is 426 g/mol. The average molecular weight is 427 g/mol. The second-order valence-corrected chi connectivity index (χ2v) is 9.56. The molecule has 0 bridgehead atoms. The molecule has 0 radical (unpaired) electrons. The molecule has 2 heterocycles. The first-order valence-corrected chi connectivity index (χ1v) is 10.5. The van der Waals surface area contributed by atoms with Crippen molar-refractivity contribution in [2.75, 3.05) is 7.05 Å². The maximum atomic E-state index is 13.3. The molecule has 0 spiro atoms. The first-order valence-electron chi connectivity index (χ1n) is 9.71. The van der Waals surface area contributed by atoms with Gasteiger partial charge in [0.05, 0.1) is 21.5 Å². The molecule has 1 aromatic carbocycles. The number of hydrogen-bond acceptors (Lipinski definition) is 6. The lowest BCUT2D eigenvalue weighted by molar-refractivity contribution is -0.384. The third-order valence-corrected chi connectivity index (χ3v) is 6.47. The van der Waals surface area contributed by atoms with E-state index in [4.69, 9.17) is 4.98 Å². The Kier molecular flexibility index (Phi) is 5.64. The van der Waals surface area contributed by atoms with E-state index >= 15 is 0 Å². The van der Waals surface area contributed by atoms with Crippen LogP contribution in [0.5, 0.6) is 0 Å².